The van der Waals surface area contributed by atoms with Crippen LogP contribution >= 0.6 is 0 Å². The number of aliphatic hydroxyl groups is 6. The van der Waals surface area contributed by atoms with E-state index in [0.717, 1.165) is 0 Å². The minimum Gasteiger partial charge on any atom is -0.396 e. The predicted molar refractivity (Wildman–Crippen MR) is 71.2 cm³/mol. The summed E-state index contributed by atoms with van der Waals surface area (Å²) in [5, 5.41) is 59.0. The van der Waals surface area contributed by atoms with Crippen LogP contribution in [0.4, 0.5) is 0 Å². The van der Waals surface area contributed by atoms with Crippen LogP contribution in [0.3, 0.4) is 0 Å². The van der Waals surface area contributed by atoms with Gasteiger partial charge < -0.3 is 35.4 Å². The molecule has 7 nitrogen and oxygen atoms in total. The topological polar surface area (TPSA) is 131 Å². The molecule has 0 aromatic heterocycles. The molecule has 7 heteroatoms. The third-order valence-electron chi connectivity index (χ3n) is 3.88. The van der Waals surface area contributed by atoms with Gasteiger partial charge in [-0.05, 0) is 5.56 Å². The maximum Gasteiger partial charge on any atom is 0.204 e. The van der Waals surface area contributed by atoms with Crippen molar-refractivity contribution in [3.63, 3.8) is 0 Å². The highest BCUT2D eigenvalue weighted by Crippen LogP contribution is 2.38. The van der Waals surface area contributed by atoms with Gasteiger partial charge in [0, 0.05) is 0 Å². The molecule has 6 N–H and O–H groups in total. The van der Waals surface area contributed by atoms with Gasteiger partial charge >= 0.3 is 0 Å². The Hall–Kier alpha value is -1.06. The number of hydrogen-bond acceptors (Lipinski definition) is 7. The maximum atomic E-state index is 10.6. The fraction of sp³-hybridized carbons (Fsp3) is 0.571. The van der Waals surface area contributed by atoms with Gasteiger partial charge in [0.1, 0.15) is 24.4 Å². The summed E-state index contributed by atoms with van der Waals surface area (Å²) in [7, 11) is 0. The lowest BCUT2D eigenvalue weighted by Crippen LogP contribution is -2.67. The lowest BCUT2D eigenvalue weighted by molar-refractivity contribution is -0.359. The van der Waals surface area contributed by atoms with Crippen LogP contribution in [0.25, 0.3) is 0 Å². The highest BCUT2D eigenvalue weighted by molar-refractivity contribution is 5.23. The first-order valence-electron chi connectivity index (χ1n) is 6.66. The molecule has 0 bridgehead atoms. The second-order valence-electron chi connectivity index (χ2n) is 5.16. The molecule has 118 valence electrons. The van der Waals surface area contributed by atoms with Crippen LogP contribution in [0.1, 0.15) is 11.5 Å². The Labute approximate surface area is 121 Å². The van der Waals surface area contributed by atoms with Crippen molar-refractivity contribution in [3.05, 3.63) is 35.9 Å². The highest BCUT2D eigenvalue weighted by Gasteiger charge is 2.56. The minimum absolute atomic E-state index is 0.488. The van der Waals surface area contributed by atoms with Crippen LogP contribution in [-0.2, 0) is 4.74 Å². The number of aliphatic hydroxyl groups excluding tert-OH is 5. The molecule has 21 heavy (non-hydrogen) atoms. The molecule has 1 aromatic rings. The molecule has 1 heterocycles. The smallest absolute Gasteiger partial charge is 0.204 e. The summed E-state index contributed by atoms with van der Waals surface area (Å²) in [6.07, 6.45) is -6.36. The molecule has 1 unspecified atom stereocenters. The summed E-state index contributed by atoms with van der Waals surface area (Å²) in [6.45, 7) is -1.21. The second-order valence-corrected chi connectivity index (χ2v) is 5.16. The normalized spacial score (nSPS) is 38.2. The van der Waals surface area contributed by atoms with Gasteiger partial charge in [0.15, 0.2) is 0 Å². The number of hydrogen-bond donors (Lipinski definition) is 6. The molecular formula is C14H20O7. The summed E-state index contributed by atoms with van der Waals surface area (Å²) in [6, 6.07) is 8.37. The Morgan fingerprint density at radius 1 is 1.05 bits per heavy atom. The largest absolute Gasteiger partial charge is 0.396 e. The maximum absolute atomic E-state index is 10.6. The van der Waals surface area contributed by atoms with Gasteiger partial charge in [0.05, 0.1) is 19.1 Å². The summed E-state index contributed by atoms with van der Waals surface area (Å²) < 4.78 is 5.21. The molecule has 0 spiro atoms. The van der Waals surface area contributed by atoms with E-state index < -0.39 is 49.3 Å². The van der Waals surface area contributed by atoms with E-state index in [1.807, 2.05) is 0 Å². The van der Waals surface area contributed by atoms with Crippen LogP contribution in [0.2, 0.25) is 0 Å². The van der Waals surface area contributed by atoms with E-state index in [9.17, 15) is 30.6 Å². The van der Waals surface area contributed by atoms with Crippen LogP contribution in [0, 0.1) is 0 Å². The van der Waals surface area contributed by atoms with E-state index in [1.54, 1.807) is 30.3 Å². The molecule has 0 saturated carbocycles. The average molecular weight is 300 g/mol. The molecular weight excluding hydrogens is 280 g/mol. The summed E-state index contributed by atoms with van der Waals surface area (Å²) in [5.41, 5.74) is 0.488. The molecule has 0 radical (unpaired) electrons. The lowest BCUT2D eigenvalue weighted by Gasteiger charge is -2.48. The molecule has 0 amide bonds. The lowest BCUT2D eigenvalue weighted by atomic mass is 9.81. The van der Waals surface area contributed by atoms with Crippen molar-refractivity contribution in [2.24, 2.45) is 0 Å². The van der Waals surface area contributed by atoms with Gasteiger partial charge in [-0.3, -0.25) is 0 Å². The van der Waals surface area contributed by atoms with Crippen LogP contribution < -0.4 is 0 Å². The number of benzene rings is 1. The zero-order chi connectivity index (χ0) is 15.6. The van der Waals surface area contributed by atoms with E-state index in [0.29, 0.717) is 5.56 Å². The minimum atomic E-state index is -2.33. The average Bonchev–Trinajstić information content (AvgIpc) is 2.51. The molecule has 1 saturated heterocycles. The zero-order valence-electron chi connectivity index (χ0n) is 11.3. The summed E-state index contributed by atoms with van der Waals surface area (Å²) >= 11 is 0. The van der Waals surface area contributed by atoms with Crippen LogP contribution in [0.5, 0.6) is 0 Å². The van der Waals surface area contributed by atoms with Crippen molar-refractivity contribution in [3.8, 4) is 0 Å². The van der Waals surface area contributed by atoms with Gasteiger partial charge in [-0.1, -0.05) is 30.3 Å². The summed E-state index contributed by atoms with van der Waals surface area (Å²) in [4.78, 5) is 0. The van der Waals surface area contributed by atoms with E-state index in [2.05, 4.69) is 0 Å². The number of ether oxygens (including phenoxy) is 1. The molecule has 1 fully saturated rings. The van der Waals surface area contributed by atoms with Crippen molar-refractivity contribution in [1.29, 1.82) is 0 Å². The Balaban J connectivity index is 2.37. The first kappa shape index (κ1) is 16.3. The fourth-order valence-corrected chi connectivity index (χ4v) is 2.63. The van der Waals surface area contributed by atoms with Crippen LogP contribution in [-0.4, -0.2) is 74.1 Å². The predicted octanol–water partition coefficient (Wildman–Crippen LogP) is -2.08. The van der Waals surface area contributed by atoms with E-state index in [1.165, 1.54) is 0 Å². The Morgan fingerprint density at radius 2 is 1.67 bits per heavy atom. The molecule has 0 aliphatic carbocycles. The van der Waals surface area contributed by atoms with E-state index >= 15 is 0 Å². The fourth-order valence-electron chi connectivity index (χ4n) is 2.63. The number of rotatable bonds is 4. The Morgan fingerprint density at radius 3 is 2.19 bits per heavy atom. The molecule has 1 aliphatic heterocycles. The molecule has 1 aromatic carbocycles. The van der Waals surface area contributed by atoms with Crippen molar-refractivity contribution < 1.29 is 35.4 Å². The monoisotopic (exact) mass is 300 g/mol. The standard InChI is InChI=1S/C14H20O7/c15-6-9(8-4-2-1-3-5-8)14(20)13(19)12(18)11(17)10(7-16)21-14/h1-5,9-13,15-20H,6-7H2/t9?,10-,11-,12+,13-,14-/m1/s1. The van der Waals surface area contributed by atoms with Crippen molar-refractivity contribution in [2.75, 3.05) is 13.2 Å². The Bertz CT molecular complexity index is 452. The van der Waals surface area contributed by atoms with Crippen molar-refractivity contribution in [2.45, 2.75) is 36.1 Å². The zero-order valence-corrected chi connectivity index (χ0v) is 11.3. The van der Waals surface area contributed by atoms with Gasteiger partial charge in [-0.15, -0.1) is 0 Å². The van der Waals surface area contributed by atoms with E-state index in [4.69, 9.17) is 4.74 Å². The quantitative estimate of drug-likeness (QED) is 0.376. The SMILES string of the molecule is OCC(c1ccccc1)[C@@]1(O)O[C@H](CO)[C@@H](O)[C@H](O)[C@H]1O. The highest BCUT2D eigenvalue weighted by atomic mass is 16.7. The third kappa shape index (κ3) is 2.82. The Kier molecular flexibility index (Phi) is 4.95. The first-order chi connectivity index (χ1) is 9.95. The first-order valence-corrected chi connectivity index (χ1v) is 6.66. The molecule has 1 aliphatic rings. The van der Waals surface area contributed by atoms with Gasteiger partial charge in [0.2, 0.25) is 5.79 Å². The molecule has 2 rings (SSSR count). The van der Waals surface area contributed by atoms with Crippen LogP contribution in [0.15, 0.2) is 30.3 Å². The van der Waals surface area contributed by atoms with E-state index in [-0.39, 0.29) is 0 Å². The van der Waals surface area contributed by atoms with Gasteiger partial charge in [0.25, 0.3) is 0 Å². The summed E-state index contributed by atoms with van der Waals surface area (Å²) in [5.74, 6) is -3.38. The third-order valence-corrected chi connectivity index (χ3v) is 3.88. The van der Waals surface area contributed by atoms with Crippen molar-refractivity contribution >= 4 is 0 Å². The van der Waals surface area contributed by atoms with Gasteiger partial charge in [-0.25, -0.2) is 0 Å². The van der Waals surface area contributed by atoms with Gasteiger partial charge in [-0.2, -0.15) is 0 Å². The van der Waals surface area contributed by atoms with Crippen molar-refractivity contribution in [1.82, 2.24) is 0 Å². The second kappa shape index (κ2) is 6.37. The molecule has 6 atom stereocenters.